The zero-order chi connectivity index (χ0) is 23.2. The SMILES string of the molecule is Cc1c(-c2cc(Sc3ncccc3F)c3c(C#N)cnn3c2)cnn1C1CCC(C)(O)CC1. The van der Waals surface area contributed by atoms with E-state index in [2.05, 4.69) is 21.3 Å². The summed E-state index contributed by atoms with van der Waals surface area (Å²) in [5.41, 5.74) is 3.29. The van der Waals surface area contributed by atoms with Gasteiger partial charge in [0.05, 0.1) is 35.1 Å². The first-order chi connectivity index (χ1) is 15.9. The molecule has 0 radical (unpaired) electrons. The van der Waals surface area contributed by atoms with E-state index in [-0.39, 0.29) is 11.1 Å². The van der Waals surface area contributed by atoms with Crippen molar-refractivity contribution < 1.29 is 9.50 Å². The van der Waals surface area contributed by atoms with Gasteiger partial charge in [-0.05, 0) is 57.7 Å². The summed E-state index contributed by atoms with van der Waals surface area (Å²) in [5.74, 6) is -0.416. The minimum atomic E-state index is -0.600. The third kappa shape index (κ3) is 4.01. The summed E-state index contributed by atoms with van der Waals surface area (Å²) in [6.45, 7) is 3.93. The molecule has 33 heavy (non-hydrogen) atoms. The molecular weight excluding hydrogens is 439 g/mol. The van der Waals surface area contributed by atoms with E-state index >= 15 is 0 Å². The zero-order valence-corrected chi connectivity index (χ0v) is 19.2. The predicted molar refractivity (Wildman–Crippen MR) is 122 cm³/mol. The summed E-state index contributed by atoms with van der Waals surface area (Å²) in [7, 11) is 0. The maximum absolute atomic E-state index is 14.3. The topological polar surface area (TPSA) is 92.0 Å². The average molecular weight is 463 g/mol. The lowest BCUT2D eigenvalue weighted by Gasteiger charge is -2.33. The van der Waals surface area contributed by atoms with E-state index in [9.17, 15) is 14.8 Å². The third-order valence-corrected chi connectivity index (χ3v) is 7.39. The van der Waals surface area contributed by atoms with Crippen LogP contribution in [0, 0.1) is 24.1 Å². The molecule has 1 aliphatic rings. The Balaban J connectivity index is 1.57. The van der Waals surface area contributed by atoms with Gasteiger partial charge in [-0.3, -0.25) is 4.68 Å². The molecule has 1 aliphatic carbocycles. The summed E-state index contributed by atoms with van der Waals surface area (Å²) < 4.78 is 18.0. The highest BCUT2D eigenvalue weighted by molar-refractivity contribution is 7.99. The third-order valence-electron chi connectivity index (χ3n) is 6.36. The van der Waals surface area contributed by atoms with Crippen molar-refractivity contribution in [2.24, 2.45) is 0 Å². The van der Waals surface area contributed by atoms with Crippen molar-refractivity contribution in [2.75, 3.05) is 0 Å². The van der Waals surface area contributed by atoms with Crippen molar-refractivity contribution in [3.05, 3.63) is 60.1 Å². The molecule has 1 N–H and O–H groups in total. The van der Waals surface area contributed by atoms with Gasteiger partial charge in [0, 0.05) is 34.1 Å². The molecule has 5 rings (SSSR count). The summed E-state index contributed by atoms with van der Waals surface area (Å²) in [6, 6.07) is 7.27. The fraction of sp³-hybridized carbons (Fsp3) is 0.333. The van der Waals surface area contributed by atoms with E-state index in [4.69, 9.17) is 0 Å². The molecule has 0 bridgehead atoms. The molecule has 0 aliphatic heterocycles. The van der Waals surface area contributed by atoms with Gasteiger partial charge >= 0.3 is 0 Å². The van der Waals surface area contributed by atoms with Gasteiger partial charge in [-0.1, -0.05) is 11.8 Å². The van der Waals surface area contributed by atoms with E-state index in [1.807, 2.05) is 37.0 Å². The molecule has 4 aromatic rings. The van der Waals surface area contributed by atoms with Crippen LogP contribution in [0.4, 0.5) is 4.39 Å². The van der Waals surface area contributed by atoms with Gasteiger partial charge in [-0.15, -0.1) is 0 Å². The smallest absolute Gasteiger partial charge is 0.155 e. The van der Waals surface area contributed by atoms with Crippen LogP contribution in [0.2, 0.25) is 0 Å². The van der Waals surface area contributed by atoms with E-state index in [0.717, 1.165) is 42.5 Å². The van der Waals surface area contributed by atoms with Crippen LogP contribution in [-0.2, 0) is 0 Å². The first-order valence-corrected chi connectivity index (χ1v) is 11.6. The van der Waals surface area contributed by atoms with Crippen molar-refractivity contribution in [2.45, 2.75) is 61.1 Å². The van der Waals surface area contributed by atoms with E-state index in [1.54, 1.807) is 16.8 Å². The monoisotopic (exact) mass is 462 g/mol. The standard InChI is InChI=1S/C24H23FN6OS/c1-15-19(13-29-31(15)18-5-7-24(2,32)8-6-18)16-10-21(33-23-20(25)4-3-9-27-23)22-17(11-26)12-28-30(22)14-16/h3-4,9-10,12-14,18,32H,5-8H2,1-2H3. The second kappa shape index (κ2) is 8.28. The van der Waals surface area contributed by atoms with Crippen LogP contribution in [0.15, 0.2) is 52.9 Å². The number of rotatable bonds is 4. The lowest BCUT2D eigenvalue weighted by atomic mass is 9.83. The number of halogens is 1. The number of aliphatic hydroxyl groups is 1. The van der Waals surface area contributed by atoms with Gasteiger partial charge in [0.1, 0.15) is 11.1 Å². The van der Waals surface area contributed by atoms with Gasteiger partial charge in [0.2, 0.25) is 0 Å². The molecule has 9 heteroatoms. The van der Waals surface area contributed by atoms with Crippen molar-refractivity contribution in [3.63, 3.8) is 0 Å². The van der Waals surface area contributed by atoms with Crippen molar-refractivity contribution in [3.8, 4) is 17.2 Å². The molecular formula is C24H23FN6OS. The predicted octanol–water partition coefficient (Wildman–Crippen LogP) is 4.93. The maximum Gasteiger partial charge on any atom is 0.155 e. The molecule has 168 valence electrons. The Morgan fingerprint density at radius 1 is 1.27 bits per heavy atom. The van der Waals surface area contributed by atoms with Gasteiger partial charge in [0.25, 0.3) is 0 Å². The maximum atomic E-state index is 14.3. The fourth-order valence-electron chi connectivity index (χ4n) is 4.49. The van der Waals surface area contributed by atoms with E-state index in [0.29, 0.717) is 16.0 Å². The number of hydrogen-bond acceptors (Lipinski definition) is 6. The van der Waals surface area contributed by atoms with Crippen LogP contribution in [0.1, 0.15) is 49.9 Å². The number of nitriles is 1. The van der Waals surface area contributed by atoms with E-state index in [1.165, 1.54) is 24.0 Å². The van der Waals surface area contributed by atoms with Gasteiger partial charge in [-0.2, -0.15) is 15.5 Å². The summed E-state index contributed by atoms with van der Waals surface area (Å²) in [6.07, 6.45) is 10.0. The lowest BCUT2D eigenvalue weighted by molar-refractivity contribution is 0.00826. The summed E-state index contributed by atoms with van der Waals surface area (Å²) in [4.78, 5) is 4.85. The highest BCUT2D eigenvalue weighted by Crippen LogP contribution is 2.39. The minimum Gasteiger partial charge on any atom is -0.390 e. The Bertz CT molecular complexity index is 1380. The first kappa shape index (κ1) is 21.6. The Kier molecular flexibility index (Phi) is 5.43. The Morgan fingerprint density at radius 3 is 2.79 bits per heavy atom. The fourth-order valence-corrected chi connectivity index (χ4v) is 5.46. The molecule has 0 aromatic carbocycles. The second-order valence-corrected chi connectivity index (χ2v) is 9.80. The van der Waals surface area contributed by atoms with Crippen LogP contribution < -0.4 is 0 Å². The first-order valence-electron chi connectivity index (χ1n) is 10.8. The molecule has 0 amide bonds. The quantitative estimate of drug-likeness (QED) is 0.462. The number of hydrogen-bond donors (Lipinski definition) is 1. The normalized spacial score (nSPS) is 20.8. The molecule has 7 nitrogen and oxygen atoms in total. The summed E-state index contributed by atoms with van der Waals surface area (Å²) in [5, 5.41) is 29.1. The van der Waals surface area contributed by atoms with Crippen molar-refractivity contribution in [1.29, 1.82) is 5.26 Å². The Hall–Kier alpha value is -3.22. The molecule has 1 saturated carbocycles. The lowest BCUT2D eigenvalue weighted by Crippen LogP contribution is -2.31. The molecule has 4 aromatic heterocycles. The Labute approximate surface area is 194 Å². The number of pyridine rings is 2. The van der Waals surface area contributed by atoms with Crippen LogP contribution in [0.3, 0.4) is 0 Å². The minimum absolute atomic E-state index is 0.239. The molecule has 0 atom stereocenters. The van der Waals surface area contributed by atoms with Gasteiger partial charge in [0.15, 0.2) is 5.82 Å². The molecule has 0 unspecified atom stereocenters. The largest absolute Gasteiger partial charge is 0.390 e. The zero-order valence-electron chi connectivity index (χ0n) is 18.4. The molecule has 0 spiro atoms. The van der Waals surface area contributed by atoms with Crippen LogP contribution in [0.5, 0.6) is 0 Å². The van der Waals surface area contributed by atoms with Crippen LogP contribution in [0.25, 0.3) is 16.6 Å². The molecule has 4 heterocycles. The van der Waals surface area contributed by atoms with E-state index < -0.39 is 11.4 Å². The van der Waals surface area contributed by atoms with Gasteiger partial charge in [-0.25, -0.2) is 13.9 Å². The van der Waals surface area contributed by atoms with Crippen molar-refractivity contribution in [1.82, 2.24) is 24.4 Å². The van der Waals surface area contributed by atoms with Crippen LogP contribution >= 0.6 is 11.8 Å². The number of fused-ring (bicyclic) bond motifs is 1. The van der Waals surface area contributed by atoms with Crippen LogP contribution in [-0.4, -0.2) is 35.1 Å². The number of nitrogens with zero attached hydrogens (tertiary/aromatic N) is 6. The highest BCUT2D eigenvalue weighted by Gasteiger charge is 2.30. The Morgan fingerprint density at radius 2 is 2.06 bits per heavy atom. The molecule has 0 saturated heterocycles. The highest BCUT2D eigenvalue weighted by atomic mass is 32.2. The summed E-state index contributed by atoms with van der Waals surface area (Å²) >= 11 is 1.17. The van der Waals surface area contributed by atoms with Gasteiger partial charge < -0.3 is 5.11 Å². The van der Waals surface area contributed by atoms with Crippen molar-refractivity contribution >= 4 is 17.3 Å². The number of aromatic nitrogens is 5. The molecule has 1 fully saturated rings. The second-order valence-electron chi connectivity index (χ2n) is 8.77. The average Bonchev–Trinajstić information content (AvgIpc) is 3.39.